The summed E-state index contributed by atoms with van der Waals surface area (Å²) in [5.74, 6) is -0.653. The van der Waals surface area contributed by atoms with Crippen LogP contribution in [0.3, 0.4) is 0 Å². The van der Waals surface area contributed by atoms with Crippen molar-refractivity contribution in [3.05, 3.63) is 36.5 Å². The second-order valence-electron chi connectivity index (χ2n) is 14.2. The lowest BCUT2D eigenvalue weighted by Crippen LogP contribution is -2.18. The highest BCUT2D eigenvalue weighted by Crippen LogP contribution is 2.17. The van der Waals surface area contributed by atoms with Crippen LogP contribution in [0.15, 0.2) is 36.5 Å². The Bertz CT molecular complexity index is 768. The molecule has 0 aromatic heterocycles. The van der Waals surface area contributed by atoms with E-state index in [2.05, 4.69) is 50.3 Å². The van der Waals surface area contributed by atoms with E-state index in [9.17, 15) is 9.59 Å². The van der Waals surface area contributed by atoms with Crippen LogP contribution in [-0.2, 0) is 14.3 Å². The summed E-state index contributed by atoms with van der Waals surface area (Å²) in [7, 11) is 0. The Morgan fingerprint density at radius 3 is 1.33 bits per heavy atom. The number of aliphatic carboxylic acids is 1. The van der Waals surface area contributed by atoms with Crippen LogP contribution in [0.4, 0.5) is 0 Å². The van der Waals surface area contributed by atoms with E-state index in [1.54, 1.807) is 0 Å². The van der Waals surface area contributed by atoms with E-state index >= 15 is 0 Å². The highest BCUT2D eigenvalue weighted by molar-refractivity contribution is 5.69. The lowest BCUT2D eigenvalue weighted by molar-refractivity contribution is -0.150. The van der Waals surface area contributed by atoms with E-state index in [1.165, 1.54) is 148 Å². The van der Waals surface area contributed by atoms with Gasteiger partial charge in [-0.2, -0.15) is 0 Å². The Morgan fingerprint density at radius 1 is 0.458 bits per heavy atom. The number of esters is 1. The summed E-state index contributed by atoms with van der Waals surface area (Å²) < 4.78 is 5.88. The highest BCUT2D eigenvalue weighted by Gasteiger charge is 2.13. The van der Waals surface area contributed by atoms with Gasteiger partial charge in [0.25, 0.3) is 0 Å². The number of carboxylic acid groups (broad SMARTS) is 1. The molecule has 4 heteroatoms. The molecule has 0 spiro atoms. The predicted octanol–water partition coefficient (Wildman–Crippen LogP) is 14.6. The molecule has 0 bridgehead atoms. The average molecular weight is 673 g/mol. The maximum absolute atomic E-state index is 12.4. The number of carbonyl (C=O) groups excluding carboxylic acids is 1. The number of carbonyl (C=O) groups is 2. The van der Waals surface area contributed by atoms with Gasteiger partial charge in [0.1, 0.15) is 6.10 Å². The number of unbranched alkanes of at least 4 members (excludes halogenated alkanes) is 23. The third-order valence-corrected chi connectivity index (χ3v) is 9.32. The first-order valence-electron chi connectivity index (χ1n) is 21.0. The van der Waals surface area contributed by atoms with Crippen molar-refractivity contribution in [2.24, 2.45) is 0 Å². The van der Waals surface area contributed by atoms with Gasteiger partial charge in [-0.25, -0.2) is 0 Å². The van der Waals surface area contributed by atoms with E-state index in [0.717, 1.165) is 51.4 Å². The van der Waals surface area contributed by atoms with Gasteiger partial charge in [0.05, 0.1) is 0 Å². The fourth-order valence-electron chi connectivity index (χ4n) is 6.26. The van der Waals surface area contributed by atoms with Crippen molar-refractivity contribution >= 4 is 11.9 Å². The quantitative estimate of drug-likeness (QED) is 0.0403. The minimum absolute atomic E-state index is 0.0155. The van der Waals surface area contributed by atoms with Crippen molar-refractivity contribution in [2.45, 2.75) is 232 Å². The molecule has 1 N–H and O–H groups in total. The zero-order chi connectivity index (χ0) is 35.0. The molecule has 0 aliphatic carbocycles. The molecule has 1 unspecified atom stereocenters. The van der Waals surface area contributed by atoms with E-state index < -0.39 is 5.97 Å². The zero-order valence-corrected chi connectivity index (χ0v) is 32.0. The molecule has 0 fully saturated rings. The summed E-state index contributed by atoms with van der Waals surface area (Å²) in [6.45, 7) is 4.44. The number of hydrogen-bond acceptors (Lipinski definition) is 3. The van der Waals surface area contributed by atoms with Crippen molar-refractivity contribution in [3.63, 3.8) is 0 Å². The molecule has 0 aromatic carbocycles. The Labute approximate surface area is 299 Å². The average Bonchev–Trinajstić information content (AvgIpc) is 3.07. The summed E-state index contributed by atoms with van der Waals surface area (Å²) in [5.41, 5.74) is 0. The third kappa shape index (κ3) is 38.6. The van der Waals surface area contributed by atoms with Gasteiger partial charge in [0.2, 0.25) is 0 Å². The first-order chi connectivity index (χ1) is 23.6. The van der Waals surface area contributed by atoms with Gasteiger partial charge in [0.15, 0.2) is 0 Å². The van der Waals surface area contributed by atoms with Crippen LogP contribution in [0.2, 0.25) is 0 Å². The van der Waals surface area contributed by atoms with Gasteiger partial charge < -0.3 is 9.84 Å². The number of carboxylic acids is 1. The number of ether oxygens (including phenoxy) is 1. The van der Waals surface area contributed by atoms with E-state index in [-0.39, 0.29) is 12.1 Å². The van der Waals surface area contributed by atoms with Crippen molar-refractivity contribution in [3.8, 4) is 0 Å². The van der Waals surface area contributed by atoms with E-state index in [1.807, 2.05) is 0 Å². The van der Waals surface area contributed by atoms with Crippen molar-refractivity contribution in [2.75, 3.05) is 0 Å². The minimum Gasteiger partial charge on any atom is -0.481 e. The van der Waals surface area contributed by atoms with Gasteiger partial charge in [-0.05, 0) is 89.9 Å². The molecule has 48 heavy (non-hydrogen) atoms. The molecular formula is C44H80O4. The number of hydrogen-bond donors (Lipinski definition) is 1. The maximum Gasteiger partial charge on any atom is 0.306 e. The van der Waals surface area contributed by atoms with Crippen LogP contribution in [-0.4, -0.2) is 23.1 Å². The van der Waals surface area contributed by atoms with Crippen molar-refractivity contribution in [1.82, 2.24) is 0 Å². The highest BCUT2D eigenvalue weighted by atomic mass is 16.5. The SMILES string of the molecule is CCCCC/C=C\C/C=C\CCCC/C=C\CCCCCCCC(=O)OC(CCC)CCCCCCCCCCCCCCCC(=O)O. The van der Waals surface area contributed by atoms with Crippen LogP contribution in [0.25, 0.3) is 0 Å². The first-order valence-corrected chi connectivity index (χ1v) is 21.0. The lowest BCUT2D eigenvalue weighted by atomic mass is 10.0. The third-order valence-electron chi connectivity index (χ3n) is 9.32. The molecule has 4 nitrogen and oxygen atoms in total. The Morgan fingerprint density at radius 2 is 0.854 bits per heavy atom. The maximum atomic E-state index is 12.4. The normalized spacial score (nSPS) is 12.5. The van der Waals surface area contributed by atoms with Gasteiger partial charge >= 0.3 is 11.9 Å². The Balaban J connectivity index is 3.56. The van der Waals surface area contributed by atoms with Crippen molar-refractivity contribution in [1.29, 1.82) is 0 Å². The molecule has 0 aliphatic rings. The first kappa shape index (κ1) is 46.2. The Hall–Kier alpha value is -1.84. The Kier molecular flexibility index (Phi) is 38.1. The largest absolute Gasteiger partial charge is 0.481 e. The molecular weight excluding hydrogens is 592 g/mol. The van der Waals surface area contributed by atoms with Gasteiger partial charge in [0, 0.05) is 12.8 Å². The van der Waals surface area contributed by atoms with Crippen LogP contribution in [0.5, 0.6) is 0 Å². The molecule has 0 saturated heterocycles. The molecule has 280 valence electrons. The molecule has 0 heterocycles. The standard InChI is InChI=1S/C44H80O4/c1-3-5-6-7-8-9-10-11-12-13-14-15-16-17-18-22-25-28-31-34-37-41-44(47)48-42(38-4-2)39-35-32-29-26-23-20-19-21-24-27-30-33-36-40-43(45)46/h8-9,11-12,17-18,42H,3-7,10,13-16,19-41H2,1-2H3,(H,45,46)/b9-8-,12-11-,18-17-. The van der Waals surface area contributed by atoms with Crippen LogP contribution < -0.4 is 0 Å². The monoisotopic (exact) mass is 673 g/mol. The molecule has 0 saturated carbocycles. The van der Waals surface area contributed by atoms with E-state index in [4.69, 9.17) is 9.84 Å². The molecule has 0 aliphatic heterocycles. The molecule has 0 aromatic rings. The fourth-order valence-corrected chi connectivity index (χ4v) is 6.26. The number of rotatable bonds is 38. The van der Waals surface area contributed by atoms with E-state index in [0.29, 0.717) is 12.8 Å². The van der Waals surface area contributed by atoms with Gasteiger partial charge in [-0.15, -0.1) is 0 Å². The lowest BCUT2D eigenvalue weighted by Gasteiger charge is -2.17. The summed E-state index contributed by atoms with van der Waals surface area (Å²) in [6.07, 6.45) is 52.4. The van der Waals surface area contributed by atoms with Crippen LogP contribution in [0, 0.1) is 0 Å². The number of allylic oxidation sites excluding steroid dienone is 6. The summed E-state index contributed by atoms with van der Waals surface area (Å²) >= 11 is 0. The molecule has 1 atom stereocenters. The second kappa shape index (κ2) is 39.6. The fraction of sp³-hybridized carbons (Fsp3) is 0.818. The minimum atomic E-state index is -0.669. The zero-order valence-electron chi connectivity index (χ0n) is 32.0. The molecule has 0 amide bonds. The summed E-state index contributed by atoms with van der Waals surface area (Å²) in [5, 5.41) is 8.67. The van der Waals surface area contributed by atoms with Crippen LogP contribution >= 0.6 is 0 Å². The molecule has 0 rings (SSSR count). The predicted molar refractivity (Wildman–Crippen MR) is 209 cm³/mol. The molecule has 0 radical (unpaired) electrons. The summed E-state index contributed by atoms with van der Waals surface area (Å²) in [6, 6.07) is 0. The second-order valence-corrected chi connectivity index (χ2v) is 14.2. The van der Waals surface area contributed by atoms with Crippen molar-refractivity contribution < 1.29 is 19.4 Å². The van der Waals surface area contributed by atoms with Gasteiger partial charge in [-0.3, -0.25) is 9.59 Å². The van der Waals surface area contributed by atoms with Crippen LogP contribution in [0.1, 0.15) is 226 Å². The smallest absolute Gasteiger partial charge is 0.306 e. The summed E-state index contributed by atoms with van der Waals surface area (Å²) in [4.78, 5) is 23.0. The topological polar surface area (TPSA) is 63.6 Å². The van der Waals surface area contributed by atoms with Gasteiger partial charge in [-0.1, -0.05) is 159 Å².